The third-order valence-corrected chi connectivity index (χ3v) is 2.21. The third kappa shape index (κ3) is 1.59. The Morgan fingerprint density at radius 3 is 2.94 bits per heavy atom. The fourth-order valence-electron chi connectivity index (χ4n) is 1.42. The quantitative estimate of drug-likeness (QED) is 0.628. The van der Waals surface area contributed by atoms with Gasteiger partial charge >= 0.3 is 0 Å². The van der Waals surface area contributed by atoms with E-state index in [-0.39, 0.29) is 5.72 Å². The average Bonchev–Trinajstić information content (AvgIpc) is 2.87. The van der Waals surface area contributed by atoms with E-state index >= 15 is 0 Å². The summed E-state index contributed by atoms with van der Waals surface area (Å²) in [5, 5.41) is 11.6. The molecular formula is C9H6BN7. The molecule has 0 spiro atoms. The van der Waals surface area contributed by atoms with Crippen LogP contribution in [0.25, 0.3) is 0 Å². The maximum Gasteiger partial charge on any atom is 0.204 e. The Kier molecular flexibility index (Phi) is 2.00. The Bertz CT molecular complexity index is 625. The molecule has 0 saturated carbocycles. The topological polar surface area (TPSA) is 94.3 Å². The van der Waals surface area contributed by atoms with Crippen LogP contribution in [0.4, 0.5) is 11.5 Å². The molecule has 0 unspecified atom stereocenters. The number of hydrogen-bond acceptors (Lipinski definition) is 6. The Morgan fingerprint density at radius 2 is 2.18 bits per heavy atom. The van der Waals surface area contributed by atoms with Crippen molar-refractivity contribution in [1.29, 1.82) is 0 Å². The van der Waals surface area contributed by atoms with Crippen molar-refractivity contribution in [2.75, 3.05) is 5.73 Å². The van der Waals surface area contributed by atoms with Gasteiger partial charge in [-0.15, -0.1) is 10.2 Å². The number of fused-ring (bicyclic) bond motifs is 1. The van der Waals surface area contributed by atoms with Gasteiger partial charge in [-0.3, -0.25) is 0 Å². The smallest absolute Gasteiger partial charge is 0.204 e. The zero-order valence-electron chi connectivity index (χ0n) is 8.65. The van der Waals surface area contributed by atoms with Gasteiger partial charge in [-0.1, -0.05) is 0 Å². The van der Waals surface area contributed by atoms with Crippen LogP contribution in [0.2, 0.25) is 0 Å². The number of nitrogens with two attached hydrogens (primary N) is 1. The summed E-state index contributed by atoms with van der Waals surface area (Å²) in [5.74, 6) is 0.959. The van der Waals surface area contributed by atoms with Gasteiger partial charge in [0, 0.05) is 0 Å². The molecule has 3 rings (SSSR count). The lowest BCUT2D eigenvalue weighted by Crippen LogP contribution is -2.15. The van der Waals surface area contributed by atoms with E-state index < -0.39 is 0 Å². The second kappa shape index (κ2) is 3.51. The highest BCUT2D eigenvalue weighted by Crippen LogP contribution is 2.14. The highest BCUT2D eigenvalue weighted by atomic mass is 15.5. The van der Waals surface area contributed by atoms with Crippen LogP contribution < -0.4 is 11.5 Å². The van der Waals surface area contributed by atoms with Gasteiger partial charge in [0.1, 0.15) is 11.5 Å². The van der Waals surface area contributed by atoms with Crippen molar-refractivity contribution < 1.29 is 0 Å². The first-order valence-electron chi connectivity index (χ1n) is 4.80. The summed E-state index contributed by atoms with van der Waals surface area (Å²) in [7, 11) is 5.56. The Labute approximate surface area is 97.5 Å². The van der Waals surface area contributed by atoms with E-state index in [0.29, 0.717) is 23.0 Å². The van der Waals surface area contributed by atoms with E-state index in [1.54, 1.807) is 24.5 Å². The van der Waals surface area contributed by atoms with E-state index in [2.05, 4.69) is 25.3 Å². The molecule has 0 fully saturated rings. The first kappa shape index (κ1) is 9.70. The van der Waals surface area contributed by atoms with Crippen molar-refractivity contribution in [3.8, 4) is 0 Å². The predicted octanol–water partition coefficient (Wildman–Crippen LogP) is -0.983. The van der Waals surface area contributed by atoms with Gasteiger partial charge < -0.3 is 5.73 Å². The molecular weight excluding hydrogens is 217 g/mol. The molecule has 2 N–H and O–H groups in total. The van der Waals surface area contributed by atoms with E-state index in [0.717, 1.165) is 0 Å². The molecule has 1 aliphatic heterocycles. The minimum absolute atomic E-state index is 0.233. The number of hydrogen-bond donors (Lipinski definition) is 1. The van der Waals surface area contributed by atoms with Crippen LogP contribution in [-0.4, -0.2) is 39.6 Å². The lowest BCUT2D eigenvalue weighted by Gasteiger charge is -1.95. The van der Waals surface area contributed by atoms with Crippen LogP contribution in [0, 0.1) is 0 Å². The van der Waals surface area contributed by atoms with E-state index in [1.165, 1.54) is 4.68 Å². The van der Waals surface area contributed by atoms with Crippen molar-refractivity contribution in [3.63, 3.8) is 0 Å². The minimum Gasteiger partial charge on any atom is -0.384 e. The van der Waals surface area contributed by atoms with Crippen LogP contribution >= 0.6 is 0 Å². The fraction of sp³-hybridized carbons (Fsp3) is 0. The van der Waals surface area contributed by atoms with E-state index in [1.807, 2.05) is 0 Å². The number of aliphatic imine (C=N–C) groups is 1. The third-order valence-electron chi connectivity index (χ3n) is 2.21. The maximum absolute atomic E-state index is 5.56. The van der Waals surface area contributed by atoms with Gasteiger partial charge in [0.2, 0.25) is 5.82 Å². The monoisotopic (exact) mass is 223 g/mol. The molecule has 2 aromatic rings. The molecule has 0 bridgehead atoms. The van der Waals surface area contributed by atoms with Crippen LogP contribution in [0.1, 0.15) is 5.82 Å². The van der Waals surface area contributed by atoms with Crippen LogP contribution in [0.5, 0.6) is 0 Å². The largest absolute Gasteiger partial charge is 0.384 e. The zero-order chi connectivity index (χ0) is 11.8. The standard InChI is InChI=1S/C9H6BN7/c10-9-16-15-8-6(4-13-17(8)9)14-5-1-2-7(11)12-3-5/h1-4H,(H2,11,12). The summed E-state index contributed by atoms with van der Waals surface area (Å²) in [6.07, 6.45) is 3.13. The van der Waals surface area contributed by atoms with Gasteiger partial charge in [0.05, 0.1) is 23.8 Å². The van der Waals surface area contributed by atoms with Gasteiger partial charge in [0.25, 0.3) is 0 Å². The molecule has 0 saturated heterocycles. The summed E-state index contributed by atoms with van der Waals surface area (Å²) < 4.78 is 1.42. The van der Waals surface area contributed by atoms with E-state index in [9.17, 15) is 0 Å². The Hall–Kier alpha value is -2.51. The minimum atomic E-state index is 0.233. The molecule has 2 aromatic heterocycles. The molecule has 80 valence electrons. The number of anilines is 1. The highest BCUT2D eigenvalue weighted by Gasteiger charge is 2.18. The number of nitrogens with zero attached hydrogens (tertiary/aromatic N) is 6. The molecule has 0 aromatic carbocycles. The predicted molar refractivity (Wildman–Crippen MR) is 64.1 cm³/mol. The highest BCUT2D eigenvalue weighted by molar-refractivity contribution is 6.40. The number of aromatic nitrogens is 4. The molecule has 0 aliphatic carbocycles. The number of rotatable bonds is 1. The summed E-state index contributed by atoms with van der Waals surface area (Å²) in [4.78, 5) is 8.27. The van der Waals surface area contributed by atoms with Gasteiger partial charge in [-0.2, -0.15) is 5.10 Å². The fourth-order valence-corrected chi connectivity index (χ4v) is 1.42. The molecule has 8 heteroatoms. The van der Waals surface area contributed by atoms with Gasteiger partial charge in [-0.05, 0) is 12.1 Å². The average molecular weight is 223 g/mol. The Balaban J connectivity index is 2.02. The normalized spacial score (nSPS) is 15.4. The van der Waals surface area contributed by atoms with Crippen molar-refractivity contribution in [2.24, 2.45) is 10.1 Å². The van der Waals surface area contributed by atoms with Crippen molar-refractivity contribution in [1.82, 2.24) is 19.9 Å². The van der Waals surface area contributed by atoms with Crippen LogP contribution in [0.15, 0.2) is 28.4 Å². The summed E-state index contributed by atoms with van der Waals surface area (Å²) in [6.45, 7) is 0. The van der Waals surface area contributed by atoms with Gasteiger partial charge in [-0.25, -0.2) is 14.7 Å². The lowest BCUT2D eigenvalue weighted by molar-refractivity contribution is 0.912. The molecule has 7 nitrogen and oxygen atoms in total. The van der Waals surface area contributed by atoms with E-state index in [4.69, 9.17) is 13.6 Å². The molecule has 3 heterocycles. The second-order valence-electron chi connectivity index (χ2n) is 3.38. The lowest BCUT2D eigenvalue weighted by atomic mass is 10.1. The molecule has 1 aliphatic rings. The number of nitrogen functional groups attached to an aromatic ring is 1. The first-order chi connectivity index (χ1) is 8.24. The number of pyridine rings is 1. The Morgan fingerprint density at radius 1 is 1.29 bits per heavy atom. The molecule has 0 amide bonds. The summed E-state index contributed by atoms with van der Waals surface area (Å²) >= 11 is 0. The second-order valence-corrected chi connectivity index (χ2v) is 3.38. The summed E-state index contributed by atoms with van der Waals surface area (Å²) in [6, 6.07) is 3.43. The van der Waals surface area contributed by atoms with Gasteiger partial charge in [0.15, 0.2) is 7.85 Å². The van der Waals surface area contributed by atoms with Crippen LogP contribution in [-0.2, 0) is 0 Å². The van der Waals surface area contributed by atoms with Crippen LogP contribution in [0.3, 0.4) is 0 Å². The first-order valence-corrected chi connectivity index (χ1v) is 4.80. The maximum atomic E-state index is 5.56. The molecule has 0 atom stereocenters. The van der Waals surface area contributed by atoms with Crippen molar-refractivity contribution in [2.45, 2.75) is 0 Å². The molecule has 2 radical (unpaired) electrons. The van der Waals surface area contributed by atoms with Crippen molar-refractivity contribution >= 4 is 37.0 Å². The van der Waals surface area contributed by atoms with Crippen molar-refractivity contribution in [3.05, 3.63) is 24.2 Å². The zero-order valence-corrected chi connectivity index (χ0v) is 8.65. The SMILES string of the molecule is [B]c1nnc2n1N=CC2=Nc1ccc(N)nc1. The molecule has 17 heavy (non-hydrogen) atoms. The summed E-state index contributed by atoms with van der Waals surface area (Å²) in [5.41, 5.74) is 6.97.